The Balaban J connectivity index is 3.28. The summed E-state index contributed by atoms with van der Waals surface area (Å²) in [5, 5.41) is 45.1. The highest BCUT2D eigenvalue weighted by Gasteiger charge is 2.56. The van der Waals surface area contributed by atoms with Gasteiger partial charge in [0.05, 0.1) is 25.2 Å². The fraction of sp³-hybridized carbons (Fsp3) is 0.586. The van der Waals surface area contributed by atoms with Crippen LogP contribution in [0.2, 0.25) is 0 Å². The van der Waals surface area contributed by atoms with E-state index in [1.165, 1.54) is 0 Å². The van der Waals surface area contributed by atoms with E-state index in [2.05, 4.69) is 55.4 Å². The van der Waals surface area contributed by atoms with Gasteiger partial charge in [0.15, 0.2) is 0 Å². The lowest BCUT2D eigenvalue weighted by Crippen LogP contribution is -2.56. The summed E-state index contributed by atoms with van der Waals surface area (Å²) in [7, 11) is 0. The molecule has 2 aromatic carbocycles. The summed E-state index contributed by atoms with van der Waals surface area (Å²) in [6.45, 7) is 15.0. The summed E-state index contributed by atoms with van der Waals surface area (Å²) in [6.07, 6.45) is 0. The summed E-state index contributed by atoms with van der Waals surface area (Å²) in [6, 6.07) is 12.1. The number of benzene rings is 2. The van der Waals surface area contributed by atoms with E-state index in [1.54, 1.807) is 0 Å². The van der Waals surface area contributed by atoms with Gasteiger partial charge in [-0.2, -0.15) is 0 Å². The minimum Gasteiger partial charge on any atom is -0.395 e. The highest BCUT2D eigenvalue weighted by atomic mass is 16.3. The molecule has 4 nitrogen and oxygen atoms in total. The fourth-order valence-corrected chi connectivity index (χ4v) is 5.09. The third kappa shape index (κ3) is 4.64. The number of hydrogen-bond donors (Lipinski definition) is 4. The van der Waals surface area contributed by atoms with Crippen LogP contribution in [0.3, 0.4) is 0 Å². The number of rotatable bonds is 10. The molecule has 4 N–H and O–H groups in total. The topological polar surface area (TPSA) is 80.9 Å². The second kappa shape index (κ2) is 10.7. The van der Waals surface area contributed by atoms with E-state index in [9.17, 15) is 20.4 Å². The minimum absolute atomic E-state index is 0.0905. The largest absolute Gasteiger partial charge is 0.395 e. The van der Waals surface area contributed by atoms with E-state index in [0.717, 1.165) is 22.3 Å². The van der Waals surface area contributed by atoms with E-state index >= 15 is 0 Å². The smallest absolute Gasteiger partial charge is 0.128 e. The van der Waals surface area contributed by atoms with Gasteiger partial charge in [0.25, 0.3) is 0 Å². The molecule has 2 aromatic rings. The molecular weight excluding hydrogens is 412 g/mol. The first kappa shape index (κ1) is 27.5. The number of aliphatic hydroxyl groups is 4. The molecule has 0 fully saturated rings. The molecule has 0 saturated heterocycles. The van der Waals surface area contributed by atoms with Crippen molar-refractivity contribution < 1.29 is 20.4 Å². The molecule has 0 aliphatic carbocycles. The third-order valence-corrected chi connectivity index (χ3v) is 7.14. The first-order valence-electron chi connectivity index (χ1n) is 12.2. The Morgan fingerprint density at radius 3 is 0.970 bits per heavy atom. The molecule has 33 heavy (non-hydrogen) atoms. The zero-order valence-corrected chi connectivity index (χ0v) is 21.7. The maximum atomic E-state index is 13.1. The average molecular weight is 457 g/mol. The maximum absolute atomic E-state index is 13.1. The lowest BCUT2D eigenvalue weighted by molar-refractivity contribution is -0.137. The predicted molar refractivity (Wildman–Crippen MR) is 136 cm³/mol. The standard InChI is InChI=1S/C29H44O4/c1-18(2)22-11-9-12-23(19(3)4)26(22)29(33,28(15-30,16-31)17-32)27-24(20(5)6)13-10-14-25(27)21(7)8/h9-14,18-21,30-33H,15-17H2,1-8H3. The van der Waals surface area contributed by atoms with Crippen LogP contribution in [0, 0.1) is 5.41 Å². The second-order valence-corrected chi connectivity index (χ2v) is 10.7. The molecule has 0 bridgehead atoms. The zero-order valence-electron chi connectivity index (χ0n) is 21.7. The summed E-state index contributed by atoms with van der Waals surface area (Å²) in [5.74, 6) is 0.362. The molecule has 0 spiro atoms. The molecule has 0 unspecified atom stereocenters. The zero-order chi connectivity index (χ0) is 25.1. The molecule has 0 saturated carbocycles. The van der Waals surface area contributed by atoms with Crippen LogP contribution in [0.15, 0.2) is 36.4 Å². The van der Waals surface area contributed by atoms with E-state index < -0.39 is 30.8 Å². The molecular formula is C29H44O4. The Morgan fingerprint density at radius 2 is 0.788 bits per heavy atom. The van der Waals surface area contributed by atoms with Crippen molar-refractivity contribution >= 4 is 0 Å². The molecule has 184 valence electrons. The van der Waals surface area contributed by atoms with Crippen molar-refractivity contribution in [2.24, 2.45) is 5.41 Å². The van der Waals surface area contributed by atoms with E-state index in [1.807, 2.05) is 36.4 Å². The van der Waals surface area contributed by atoms with Crippen molar-refractivity contribution in [1.82, 2.24) is 0 Å². The second-order valence-electron chi connectivity index (χ2n) is 10.7. The Hall–Kier alpha value is -1.72. The van der Waals surface area contributed by atoms with Crippen LogP contribution in [0.25, 0.3) is 0 Å². The Kier molecular flexibility index (Phi) is 8.92. The lowest BCUT2D eigenvalue weighted by atomic mass is 9.59. The van der Waals surface area contributed by atoms with Crippen LogP contribution in [-0.2, 0) is 5.60 Å². The van der Waals surface area contributed by atoms with Crippen LogP contribution >= 0.6 is 0 Å². The normalized spacial score (nSPS) is 13.1. The molecule has 0 radical (unpaired) electrons. The summed E-state index contributed by atoms with van der Waals surface area (Å²) in [4.78, 5) is 0. The van der Waals surface area contributed by atoms with Crippen molar-refractivity contribution in [2.75, 3.05) is 19.8 Å². The molecule has 0 heterocycles. The van der Waals surface area contributed by atoms with E-state index in [-0.39, 0.29) is 23.7 Å². The van der Waals surface area contributed by atoms with Gasteiger partial charge in [-0.25, -0.2) is 0 Å². The van der Waals surface area contributed by atoms with Crippen molar-refractivity contribution in [1.29, 1.82) is 0 Å². The minimum atomic E-state index is -1.81. The molecule has 0 amide bonds. The molecule has 0 aromatic heterocycles. The van der Waals surface area contributed by atoms with Crippen molar-refractivity contribution in [3.63, 3.8) is 0 Å². The highest BCUT2D eigenvalue weighted by molar-refractivity contribution is 5.56. The molecule has 2 rings (SSSR count). The van der Waals surface area contributed by atoms with Gasteiger partial charge in [-0.05, 0) is 57.1 Å². The quantitative estimate of drug-likeness (QED) is 0.387. The van der Waals surface area contributed by atoms with Crippen LogP contribution < -0.4 is 0 Å². The molecule has 4 heteroatoms. The van der Waals surface area contributed by atoms with Crippen molar-refractivity contribution in [3.8, 4) is 0 Å². The van der Waals surface area contributed by atoms with Crippen molar-refractivity contribution in [3.05, 3.63) is 69.8 Å². The predicted octanol–water partition coefficient (Wildman–Crippen LogP) is 5.38. The Bertz CT molecular complexity index is 799. The van der Waals surface area contributed by atoms with Gasteiger partial charge in [-0.3, -0.25) is 0 Å². The molecule has 0 atom stereocenters. The highest BCUT2D eigenvalue weighted by Crippen LogP contribution is 2.53. The maximum Gasteiger partial charge on any atom is 0.128 e. The van der Waals surface area contributed by atoms with E-state index in [4.69, 9.17) is 0 Å². The van der Waals surface area contributed by atoms with Crippen LogP contribution in [-0.4, -0.2) is 40.2 Å². The van der Waals surface area contributed by atoms with Crippen molar-refractivity contribution in [2.45, 2.75) is 84.7 Å². The molecule has 0 aliphatic heterocycles. The van der Waals surface area contributed by atoms with Gasteiger partial charge in [0.2, 0.25) is 0 Å². The van der Waals surface area contributed by atoms with Gasteiger partial charge in [-0.1, -0.05) is 91.8 Å². The van der Waals surface area contributed by atoms with Crippen LogP contribution in [0.5, 0.6) is 0 Å². The first-order chi connectivity index (χ1) is 15.4. The summed E-state index contributed by atoms with van der Waals surface area (Å²) >= 11 is 0. The summed E-state index contributed by atoms with van der Waals surface area (Å²) < 4.78 is 0. The van der Waals surface area contributed by atoms with Gasteiger partial charge >= 0.3 is 0 Å². The Morgan fingerprint density at radius 1 is 0.545 bits per heavy atom. The van der Waals surface area contributed by atoms with Gasteiger partial charge in [0.1, 0.15) is 5.60 Å². The molecule has 0 aliphatic rings. The monoisotopic (exact) mass is 456 g/mol. The number of hydrogen-bond acceptors (Lipinski definition) is 4. The summed E-state index contributed by atoms with van der Waals surface area (Å²) in [5.41, 5.74) is 1.81. The fourth-order valence-electron chi connectivity index (χ4n) is 5.09. The SMILES string of the molecule is CC(C)c1cccc(C(C)C)c1C(O)(c1c(C(C)C)cccc1C(C)C)C(CO)(CO)CO. The van der Waals surface area contributed by atoms with Gasteiger partial charge < -0.3 is 20.4 Å². The first-order valence-corrected chi connectivity index (χ1v) is 12.2. The van der Waals surface area contributed by atoms with Crippen LogP contribution in [0.1, 0.15) is 112 Å². The van der Waals surface area contributed by atoms with Crippen LogP contribution in [0.4, 0.5) is 0 Å². The lowest BCUT2D eigenvalue weighted by Gasteiger charge is -2.49. The van der Waals surface area contributed by atoms with E-state index in [0.29, 0.717) is 11.1 Å². The van der Waals surface area contributed by atoms with Gasteiger partial charge in [0, 0.05) is 0 Å². The third-order valence-electron chi connectivity index (χ3n) is 7.14. The number of aliphatic hydroxyl groups excluding tert-OH is 3. The average Bonchev–Trinajstić information content (AvgIpc) is 2.78. The Labute approximate surface area is 200 Å². The van der Waals surface area contributed by atoms with Gasteiger partial charge in [-0.15, -0.1) is 0 Å².